The topological polar surface area (TPSA) is 92.4 Å². The minimum atomic E-state index is -0.979. The Labute approximate surface area is 122 Å². The molecule has 0 saturated heterocycles. The molecule has 0 spiro atoms. The van der Waals surface area contributed by atoms with E-state index in [0.717, 1.165) is 5.56 Å². The second-order valence-electron chi connectivity index (χ2n) is 4.80. The van der Waals surface area contributed by atoms with Gasteiger partial charge in [-0.2, -0.15) is 0 Å². The highest BCUT2D eigenvalue weighted by Crippen LogP contribution is 2.16. The highest BCUT2D eigenvalue weighted by Gasteiger charge is 2.09. The second kappa shape index (κ2) is 6.09. The predicted octanol–water partition coefficient (Wildman–Crippen LogP) is 2.46. The molecule has 0 fully saturated rings. The van der Waals surface area contributed by atoms with Crippen molar-refractivity contribution in [3.63, 3.8) is 0 Å². The summed E-state index contributed by atoms with van der Waals surface area (Å²) in [5, 5.41) is 11.7. The Bertz CT molecular complexity index is 678. The molecule has 0 unspecified atom stereocenters. The molecule has 0 aliphatic heterocycles. The molecule has 0 aromatic heterocycles. The van der Waals surface area contributed by atoms with Crippen LogP contribution in [0, 0.1) is 6.92 Å². The molecular weight excluding hydrogens is 268 g/mol. The minimum Gasteiger partial charge on any atom is -0.478 e. The van der Waals surface area contributed by atoms with Crippen molar-refractivity contribution in [1.29, 1.82) is 0 Å². The largest absolute Gasteiger partial charge is 0.478 e. The zero-order valence-corrected chi connectivity index (χ0v) is 11.6. The third-order valence-electron chi connectivity index (χ3n) is 3.08. The summed E-state index contributed by atoms with van der Waals surface area (Å²) < 4.78 is 0. The van der Waals surface area contributed by atoms with Crippen molar-refractivity contribution >= 4 is 23.3 Å². The van der Waals surface area contributed by atoms with Gasteiger partial charge in [0, 0.05) is 11.4 Å². The van der Waals surface area contributed by atoms with E-state index in [9.17, 15) is 9.59 Å². The Morgan fingerprint density at radius 1 is 1.14 bits per heavy atom. The molecule has 5 heteroatoms. The number of amides is 1. The summed E-state index contributed by atoms with van der Waals surface area (Å²) >= 11 is 0. The van der Waals surface area contributed by atoms with Crippen LogP contribution in [0.2, 0.25) is 0 Å². The molecule has 5 nitrogen and oxygen atoms in total. The fourth-order valence-electron chi connectivity index (χ4n) is 2.01. The number of benzene rings is 2. The Kier molecular flexibility index (Phi) is 4.23. The van der Waals surface area contributed by atoms with Crippen LogP contribution in [0.3, 0.4) is 0 Å². The molecule has 0 heterocycles. The van der Waals surface area contributed by atoms with Crippen LogP contribution in [0.4, 0.5) is 11.4 Å². The first-order valence-electron chi connectivity index (χ1n) is 6.44. The summed E-state index contributed by atoms with van der Waals surface area (Å²) in [6.07, 6.45) is 0.236. The van der Waals surface area contributed by atoms with Crippen LogP contribution in [-0.2, 0) is 11.2 Å². The van der Waals surface area contributed by atoms with Gasteiger partial charge in [-0.1, -0.05) is 12.1 Å². The number of hydrogen-bond donors (Lipinski definition) is 3. The van der Waals surface area contributed by atoms with Crippen molar-refractivity contribution in [3.8, 4) is 0 Å². The third kappa shape index (κ3) is 3.82. The SMILES string of the molecule is Cc1cc(NC(=O)Cc2ccc(N)cc2)ccc1C(=O)O. The summed E-state index contributed by atoms with van der Waals surface area (Å²) in [4.78, 5) is 22.9. The number of hydrogen-bond acceptors (Lipinski definition) is 3. The second-order valence-corrected chi connectivity index (χ2v) is 4.80. The van der Waals surface area contributed by atoms with E-state index in [1.54, 1.807) is 43.3 Å². The van der Waals surface area contributed by atoms with Crippen molar-refractivity contribution in [3.05, 3.63) is 59.2 Å². The number of nitrogens with two attached hydrogens (primary N) is 1. The lowest BCUT2D eigenvalue weighted by molar-refractivity contribution is -0.115. The van der Waals surface area contributed by atoms with Gasteiger partial charge in [-0.05, 0) is 48.4 Å². The van der Waals surface area contributed by atoms with Gasteiger partial charge in [-0.3, -0.25) is 4.79 Å². The molecular formula is C16H16N2O3. The molecule has 21 heavy (non-hydrogen) atoms. The van der Waals surface area contributed by atoms with Crippen LogP contribution < -0.4 is 11.1 Å². The number of carboxylic acid groups (broad SMARTS) is 1. The van der Waals surface area contributed by atoms with Gasteiger partial charge in [0.05, 0.1) is 12.0 Å². The molecule has 2 aromatic rings. The van der Waals surface area contributed by atoms with Crippen LogP contribution in [0.15, 0.2) is 42.5 Å². The van der Waals surface area contributed by atoms with E-state index in [4.69, 9.17) is 10.8 Å². The average molecular weight is 284 g/mol. The number of anilines is 2. The fourth-order valence-corrected chi connectivity index (χ4v) is 2.01. The van der Waals surface area contributed by atoms with Crippen molar-refractivity contribution in [2.24, 2.45) is 0 Å². The molecule has 108 valence electrons. The molecule has 2 rings (SSSR count). The maximum Gasteiger partial charge on any atom is 0.335 e. The quantitative estimate of drug-likeness (QED) is 0.752. The first-order valence-corrected chi connectivity index (χ1v) is 6.44. The first kappa shape index (κ1) is 14.6. The standard InChI is InChI=1S/C16H16N2O3/c1-10-8-13(6-7-14(10)16(20)21)18-15(19)9-11-2-4-12(17)5-3-11/h2-8H,9,17H2,1H3,(H,18,19)(H,20,21). The molecule has 0 atom stereocenters. The molecule has 0 aliphatic rings. The maximum atomic E-state index is 11.9. The lowest BCUT2D eigenvalue weighted by Crippen LogP contribution is -2.14. The van der Waals surface area contributed by atoms with E-state index in [2.05, 4.69) is 5.32 Å². The van der Waals surface area contributed by atoms with Crippen molar-refractivity contribution < 1.29 is 14.7 Å². The zero-order chi connectivity index (χ0) is 15.4. The molecule has 2 aromatic carbocycles. The van der Waals surface area contributed by atoms with E-state index in [1.165, 1.54) is 6.07 Å². The molecule has 0 radical (unpaired) electrons. The number of nitrogens with one attached hydrogen (secondary N) is 1. The van der Waals surface area contributed by atoms with Gasteiger partial charge in [0.15, 0.2) is 0 Å². The smallest absolute Gasteiger partial charge is 0.335 e. The Morgan fingerprint density at radius 3 is 2.38 bits per heavy atom. The number of carboxylic acids is 1. The highest BCUT2D eigenvalue weighted by atomic mass is 16.4. The average Bonchev–Trinajstić information content (AvgIpc) is 2.41. The Morgan fingerprint density at radius 2 is 1.81 bits per heavy atom. The summed E-state index contributed by atoms with van der Waals surface area (Å²) in [7, 11) is 0. The number of aromatic carboxylic acids is 1. The van der Waals surface area contributed by atoms with Crippen LogP contribution in [0.5, 0.6) is 0 Å². The molecule has 0 saturated carbocycles. The van der Waals surface area contributed by atoms with Gasteiger partial charge in [0.2, 0.25) is 5.91 Å². The van der Waals surface area contributed by atoms with Crippen molar-refractivity contribution in [2.45, 2.75) is 13.3 Å². The fraction of sp³-hybridized carbons (Fsp3) is 0.125. The number of carbonyl (C=O) groups is 2. The van der Waals surface area contributed by atoms with E-state index >= 15 is 0 Å². The van der Waals surface area contributed by atoms with Crippen LogP contribution in [0.25, 0.3) is 0 Å². The monoisotopic (exact) mass is 284 g/mol. The van der Waals surface area contributed by atoms with E-state index in [0.29, 0.717) is 16.9 Å². The lowest BCUT2D eigenvalue weighted by Gasteiger charge is -2.08. The maximum absolute atomic E-state index is 11.9. The van der Waals surface area contributed by atoms with Gasteiger partial charge >= 0.3 is 5.97 Å². The lowest BCUT2D eigenvalue weighted by atomic mass is 10.1. The summed E-state index contributed by atoms with van der Waals surface area (Å²) in [6.45, 7) is 1.69. The summed E-state index contributed by atoms with van der Waals surface area (Å²) in [5.74, 6) is -1.14. The van der Waals surface area contributed by atoms with Crippen LogP contribution in [0.1, 0.15) is 21.5 Å². The van der Waals surface area contributed by atoms with Gasteiger partial charge in [-0.15, -0.1) is 0 Å². The van der Waals surface area contributed by atoms with Gasteiger partial charge in [0.25, 0.3) is 0 Å². The Hall–Kier alpha value is -2.82. The minimum absolute atomic E-state index is 0.165. The van der Waals surface area contributed by atoms with E-state index in [1.807, 2.05) is 0 Å². The van der Waals surface area contributed by atoms with Crippen molar-refractivity contribution in [2.75, 3.05) is 11.1 Å². The number of rotatable bonds is 4. The third-order valence-corrected chi connectivity index (χ3v) is 3.08. The van der Waals surface area contributed by atoms with Crippen LogP contribution in [-0.4, -0.2) is 17.0 Å². The van der Waals surface area contributed by atoms with E-state index < -0.39 is 5.97 Å². The number of aryl methyl sites for hydroxylation is 1. The van der Waals surface area contributed by atoms with Gasteiger partial charge in [-0.25, -0.2) is 4.79 Å². The molecule has 1 amide bonds. The van der Waals surface area contributed by atoms with Crippen molar-refractivity contribution in [1.82, 2.24) is 0 Å². The normalized spacial score (nSPS) is 10.1. The highest BCUT2D eigenvalue weighted by molar-refractivity contribution is 5.94. The summed E-state index contributed by atoms with van der Waals surface area (Å²) in [5.41, 5.74) is 8.52. The molecule has 4 N–H and O–H groups in total. The van der Waals surface area contributed by atoms with Gasteiger partial charge in [0.1, 0.15) is 0 Å². The van der Waals surface area contributed by atoms with Gasteiger partial charge < -0.3 is 16.2 Å². The number of nitrogen functional groups attached to an aromatic ring is 1. The molecule has 0 bridgehead atoms. The zero-order valence-electron chi connectivity index (χ0n) is 11.6. The van der Waals surface area contributed by atoms with Crippen LogP contribution >= 0.6 is 0 Å². The summed E-state index contributed by atoms with van der Waals surface area (Å²) in [6, 6.07) is 11.8. The molecule has 0 aliphatic carbocycles. The predicted molar refractivity (Wildman–Crippen MR) is 81.3 cm³/mol. The first-order chi connectivity index (χ1) is 9.95. The van der Waals surface area contributed by atoms with E-state index in [-0.39, 0.29) is 17.9 Å². The Balaban J connectivity index is 2.04. The number of carbonyl (C=O) groups excluding carboxylic acids is 1.